The zero-order valence-corrected chi connectivity index (χ0v) is 18.0. The van der Waals surface area contributed by atoms with Crippen LogP contribution in [0, 0.1) is 3.57 Å². The molecular weight excluding hydrogens is 475 g/mol. The molecule has 0 bridgehead atoms. The molecule has 0 aromatic heterocycles. The Kier molecular flexibility index (Phi) is 12.1. The number of carboxylic acid groups (broad SMARTS) is 1. The molecule has 0 heterocycles. The van der Waals surface area contributed by atoms with Crippen LogP contribution in [0.1, 0.15) is 74.6 Å². The number of phenols is 1. The molecule has 3 N–H and O–H groups in total. The zero-order chi connectivity index (χ0) is 20.8. The number of carbonyl (C=O) groups excluding carboxylic acids is 1. The van der Waals surface area contributed by atoms with E-state index in [9.17, 15) is 14.7 Å². The molecule has 0 radical (unpaired) electrons. The number of carbonyl (C=O) groups is 2. The topological polar surface area (TPSA) is 135 Å². The van der Waals surface area contributed by atoms with Gasteiger partial charge in [0.1, 0.15) is 5.75 Å². The first-order valence-corrected chi connectivity index (χ1v) is 10.6. The fourth-order valence-corrected chi connectivity index (χ4v) is 3.37. The van der Waals surface area contributed by atoms with Crippen LogP contribution < -0.4 is 5.32 Å². The van der Waals surface area contributed by atoms with E-state index >= 15 is 0 Å². The van der Waals surface area contributed by atoms with E-state index in [4.69, 9.17) is 10.6 Å². The van der Waals surface area contributed by atoms with Crippen LogP contribution in [-0.2, 0) is 4.79 Å². The Bertz CT molecular complexity index is 705. The Balaban J connectivity index is 2.13. The first-order valence-electron chi connectivity index (χ1n) is 9.53. The monoisotopic (exact) mass is 502 g/mol. The fourth-order valence-electron chi connectivity index (χ4n) is 2.79. The normalized spacial score (nSPS) is 10.3. The number of unbranched alkanes of at least 4 members (excludes halogenated alkanes) is 8. The molecule has 1 amide bonds. The van der Waals surface area contributed by atoms with Gasteiger partial charge < -0.3 is 15.5 Å². The number of hydrogen-bond donors (Lipinski definition) is 3. The summed E-state index contributed by atoms with van der Waals surface area (Å²) < 4.78 is 0.598. The molecule has 154 valence electrons. The minimum atomic E-state index is -0.720. The molecule has 8 nitrogen and oxygen atoms in total. The molecule has 0 spiro atoms. The molecular formula is C19H27IN4O4. The third-order valence-corrected chi connectivity index (χ3v) is 5.18. The number of aromatic hydroxyl groups is 1. The number of phenolic OH excluding ortho intramolecular Hbond substituents is 1. The van der Waals surface area contributed by atoms with E-state index in [1.807, 2.05) is 22.6 Å². The van der Waals surface area contributed by atoms with Gasteiger partial charge in [-0.15, -0.1) is 0 Å². The maximum Gasteiger partial charge on any atom is 0.303 e. The first kappa shape index (κ1) is 24.0. The highest BCUT2D eigenvalue weighted by molar-refractivity contribution is 14.1. The van der Waals surface area contributed by atoms with Gasteiger partial charge in [0.15, 0.2) is 0 Å². The van der Waals surface area contributed by atoms with Crippen molar-refractivity contribution in [1.29, 1.82) is 0 Å². The Morgan fingerprint density at radius 1 is 1.04 bits per heavy atom. The second-order valence-electron chi connectivity index (χ2n) is 6.59. The van der Waals surface area contributed by atoms with Crippen molar-refractivity contribution in [3.63, 3.8) is 0 Å². The predicted octanol–water partition coefficient (Wildman–Crippen LogP) is 5.65. The molecule has 0 saturated heterocycles. The maximum absolute atomic E-state index is 12.2. The molecule has 1 aromatic rings. The highest BCUT2D eigenvalue weighted by Gasteiger charge is 2.13. The summed E-state index contributed by atoms with van der Waals surface area (Å²) in [5.41, 5.74) is 8.94. The van der Waals surface area contributed by atoms with E-state index in [1.54, 1.807) is 0 Å². The molecule has 1 aromatic carbocycles. The smallest absolute Gasteiger partial charge is 0.303 e. The Morgan fingerprint density at radius 2 is 1.61 bits per heavy atom. The van der Waals surface area contributed by atoms with Crippen LogP contribution in [0.5, 0.6) is 5.75 Å². The lowest BCUT2D eigenvalue weighted by molar-refractivity contribution is -0.137. The number of hydrogen-bond acceptors (Lipinski definition) is 4. The molecule has 1 rings (SSSR count). The standard InChI is InChI=1S/C19H27IN4O4/c20-15-12-14(17(25)13-16(15)23-24-21)19(28)22-11-9-7-5-3-1-2-4-6-8-10-18(26)27/h12-13,25H,1-11H2,(H,22,28)(H,26,27). The van der Waals surface area contributed by atoms with Gasteiger partial charge in [0.05, 0.1) is 11.3 Å². The lowest BCUT2D eigenvalue weighted by Gasteiger charge is -2.09. The number of halogens is 1. The van der Waals surface area contributed by atoms with Crippen molar-refractivity contribution in [1.82, 2.24) is 5.32 Å². The van der Waals surface area contributed by atoms with Gasteiger partial charge in [-0.1, -0.05) is 50.1 Å². The average Bonchev–Trinajstić information content (AvgIpc) is 2.65. The van der Waals surface area contributed by atoms with Gasteiger partial charge in [0.2, 0.25) is 0 Å². The second kappa shape index (κ2) is 14.1. The number of carboxylic acids is 1. The third kappa shape index (κ3) is 9.80. The van der Waals surface area contributed by atoms with E-state index in [2.05, 4.69) is 15.3 Å². The van der Waals surface area contributed by atoms with E-state index in [0.717, 1.165) is 57.8 Å². The number of amides is 1. The van der Waals surface area contributed by atoms with Crippen molar-refractivity contribution in [2.45, 2.75) is 64.2 Å². The van der Waals surface area contributed by atoms with Gasteiger partial charge in [-0.05, 0) is 53.1 Å². The van der Waals surface area contributed by atoms with Crippen molar-refractivity contribution in [2.24, 2.45) is 5.11 Å². The van der Waals surface area contributed by atoms with E-state index < -0.39 is 5.97 Å². The van der Waals surface area contributed by atoms with Crippen LogP contribution >= 0.6 is 22.6 Å². The summed E-state index contributed by atoms with van der Waals surface area (Å²) in [7, 11) is 0. The van der Waals surface area contributed by atoms with Crippen LogP contribution in [0.3, 0.4) is 0 Å². The average molecular weight is 502 g/mol. The second-order valence-corrected chi connectivity index (χ2v) is 7.75. The van der Waals surface area contributed by atoms with Crippen LogP contribution in [0.15, 0.2) is 17.2 Å². The fraction of sp³-hybridized carbons (Fsp3) is 0.579. The number of azide groups is 1. The highest BCUT2D eigenvalue weighted by atomic mass is 127. The van der Waals surface area contributed by atoms with Crippen molar-refractivity contribution < 1.29 is 19.8 Å². The van der Waals surface area contributed by atoms with Crippen LogP contribution in [-0.4, -0.2) is 28.6 Å². The Hall–Kier alpha value is -2.00. The molecule has 0 fully saturated rings. The highest BCUT2D eigenvalue weighted by Crippen LogP contribution is 2.29. The number of rotatable bonds is 14. The Labute approximate surface area is 178 Å². The SMILES string of the molecule is [N-]=[N+]=Nc1cc(O)c(C(=O)NCCCCCCCCCCCC(=O)O)cc1I. The molecule has 9 heteroatoms. The van der Waals surface area contributed by atoms with E-state index in [-0.39, 0.29) is 23.6 Å². The Morgan fingerprint density at radius 3 is 2.18 bits per heavy atom. The number of nitrogens with zero attached hydrogens (tertiary/aromatic N) is 3. The van der Waals surface area contributed by atoms with Gasteiger partial charge in [-0.2, -0.15) is 0 Å². The predicted molar refractivity (Wildman–Crippen MR) is 116 cm³/mol. The van der Waals surface area contributed by atoms with Crippen molar-refractivity contribution in [3.05, 3.63) is 31.7 Å². The summed E-state index contributed by atoms with van der Waals surface area (Å²) in [6.45, 7) is 0.544. The van der Waals surface area contributed by atoms with Crippen LogP contribution in [0.2, 0.25) is 0 Å². The molecule has 0 aliphatic rings. The summed E-state index contributed by atoms with van der Waals surface area (Å²) in [5.74, 6) is -1.27. The third-order valence-electron chi connectivity index (χ3n) is 4.32. The number of nitrogens with one attached hydrogen (secondary N) is 1. The summed E-state index contributed by atoms with van der Waals surface area (Å²) in [6, 6.07) is 2.80. The number of benzene rings is 1. The van der Waals surface area contributed by atoms with Gasteiger partial charge >= 0.3 is 5.97 Å². The van der Waals surface area contributed by atoms with Crippen molar-refractivity contribution in [2.75, 3.05) is 6.54 Å². The van der Waals surface area contributed by atoms with Gasteiger partial charge in [-0.25, -0.2) is 0 Å². The van der Waals surface area contributed by atoms with Crippen LogP contribution in [0.25, 0.3) is 10.4 Å². The summed E-state index contributed by atoms with van der Waals surface area (Å²) in [5, 5.41) is 24.8. The lowest BCUT2D eigenvalue weighted by Crippen LogP contribution is -2.24. The van der Waals surface area contributed by atoms with Gasteiger partial charge in [0, 0.05) is 21.4 Å². The van der Waals surface area contributed by atoms with Crippen LogP contribution in [0.4, 0.5) is 5.69 Å². The largest absolute Gasteiger partial charge is 0.507 e. The molecule has 0 aliphatic carbocycles. The van der Waals surface area contributed by atoms with Crippen molar-refractivity contribution >= 4 is 40.2 Å². The van der Waals surface area contributed by atoms with E-state index in [0.29, 0.717) is 15.8 Å². The molecule has 28 heavy (non-hydrogen) atoms. The quantitative estimate of drug-likeness (QED) is 0.0995. The van der Waals surface area contributed by atoms with Gasteiger partial charge in [-0.3, -0.25) is 9.59 Å². The number of aliphatic carboxylic acids is 1. The van der Waals surface area contributed by atoms with Gasteiger partial charge in [0.25, 0.3) is 5.91 Å². The first-order chi connectivity index (χ1) is 13.5. The molecule has 0 atom stereocenters. The van der Waals surface area contributed by atoms with Crippen molar-refractivity contribution in [3.8, 4) is 5.75 Å². The summed E-state index contributed by atoms with van der Waals surface area (Å²) in [4.78, 5) is 25.3. The zero-order valence-electron chi connectivity index (χ0n) is 15.9. The molecule has 0 unspecified atom stereocenters. The lowest BCUT2D eigenvalue weighted by atomic mass is 10.1. The minimum absolute atomic E-state index is 0.171. The molecule has 0 aliphatic heterocycles. The maximum atomic E-state index is 12.2. The minimum Gasteiger partial charge on any atom is -0.507 e. The summed E-state index contributed by atoms with van der Waals surface area (Å²) in [6.07, 6.45) is 9.54. The molecule has 0 saturated carbocycles. The summed E-state index contributed by atoms with van der Waals surface area (Å²) >= 11 is 1.95. The van der Waals surface area contributed by atoms with E-state index in [1.165, 1.54) is 12.1 Å².